The molecule has 13 nitrogen and oxygen atoms in total. The number of nitrogens with one attached hydrogen (secondary N) is 5. The van der Waals surface area contributed by atoms with Gasteiger partial charge in [0.1, 0.15) is 11.9 Å². The summed E-state index contributed by atoms with van der Waals surface area (Å²) in [6.45, 7) is 7.28. The maximum Gasteiger partial charge on any atom is 0.411 e. The average molecular weight is 879 g/mol. The Balaban J connectivity index is 0.774. The van der Waals surface area contributed by atoms with Gasteiger partial charge in [0.15, 0.2) is 0 Å². The number of hydrogen-bond acceptors (Lipinski definition) is 9. The van der Waals surface area contributed by atoms with Crippen LogP contribution in [0, 0.1) is 6.92 Å². The van der Waals surface area contributed by atoms with Gasteiger partial charge in [0, 0.05) is 68.7 Å². The molecule has 13 heteroatoms. The zero-order chi connectivity index (χ0) is 45.7. The number of para-hydroxylation sites is 1. The lowest BCUT2D eigenvalue weighted by molar-refractivity contribution is -0.122. The number of likely N-dealkylation sites (tertiary alicyclic amines) is 1. The van der Waals surface area contributed by atoms with E-state index in [1.807, 2.05) is 97.9 Å². The van der Waals surface area contributed by atoms with Gasteiger partial charge in [-0.05, 0) is 90.3 Å². The number of hydrogen-bond donors (Lipinski definition) is 7. The molecule has 0 aliphatic carbocycles. The number of anilines is 1. The number of aromatic hydroxyl groups is 1. The molecule has 1 aliphatic heterocycles. The molecule has 65 heavy (non-hydrogen) atoms. The number of amides is 3. The van der Waals surface area contributed by atoms with Crippen LogP contribution in [-0.2, 0) is 40.3 Å². The van der Waals surface area contributed by atoms with Crippen molar-refractivity contribution in [1.82, 2.24) is 25.8 Å². The smallest absolute Gasteiger partial charge is 0.411 e. The lowest BCUT2D eigenvalue weighted by Gasteiger charge is -2.31. The molecule has 7 rings (SSSR count). The minimum atomic E-state index is -0.857. The number of aromatic nitrogens is 1. The summed E-state index contributed by atoms with van der Waals surface area (Å²) in [5.74, 6) is -0.174. The van der Waals surface area contributed by atoms with E-state index < -0.39 is 12.2 Å². The number of H-pyrrole nitrogens is 1. The number of nitrogens with zero attached hydrogens (tertiary/aromatic N) is 1. The molecule has 6 aromatic rings. The Hall–Kier alpha value is -6.80. The van der Waals surface area contributed by atoms with Crippen molar-refractivity contribution in [2.45, 2.75) is 77.3 Å². The summed E-state index contributed by atoms with van der Waals surface area (Å²) in [6.07, 6.45) is 1.21. The van der Waals surface area contributed by atoms with Crippen molar-refractivity contribution in [1.29, 1.82) is 0 Å². The Morgan fingerprint density at radius 1 is 0.800 bits per heavy atom. The Bertz CT molecular complexity index is 2630. The first-order valence-electron chi connectivity index (χ1n) is 22.3. The lowest BCUT2D eigenvalue weighted by Crippen LogP contribution is -2.40. The molecule has 0 saturated carbocycles. The third-order valence-electron chi connectivity index (χ3n) is 12.1. The molecule has 1 saturated heterocycles. The summed E-state index contributed by atoms with van der Waals surface area (Å²) in [6, 6.07) is 37.5. The van der Waals surface area contributed by atoms with Gasteiger partial charge in [0.2, 0.25) is 17.4 Å². The highest BCUT2D eigenvalue weighted by molar-refractivity contribution is 5.91. The topological polar surface area (TPSA) is 185 Å². The van der Waals surface area contributed by atoms with Gasteiger partial charge >= 0.3 is 6.09 Å². The number of ether oxygens (including phenoxy) is 1. The van der Waals surface area contributed by atoms with E-state index >= 15 is 0 Å². The van der Waals surface area contributed by atoms with E-state index in [1.54, 1.807) is 12.1 Å². The number of fused-ring (bicyclic) bond motifs is 1. The highest BCUT2D eigenvalue weighted by Crippen LogP contribution is 2.30. The van der Waals surface area contributed by atoms with Crippen molar-refractivity contribution in [3.05, 3.63) is 165 Å². The first-order chi connectivity index (χ1) is 31.5. The number of aliphatic hydroxyl groups is 1. The molecular formula is C52H58N6O7. The van der Waals surface area contributed by atoms with Gasteiger partial charge in [-0.2, -0.15) is 0 Å². The predicted octanol–water partition coefficient (Wildman–Crippen LogP) is 7.04. The van der Waals surface area contributed by atoms with Crippen LogP contribution in [0.2, 0.25) is 0 Å². The van der Waals surface area contributed by atoms with Crippen molar-refractivity contribution in [2.75, 3.05) is 31.5 Å². The zero-order valence-corrected chi connectivity index (χ0v) is 36.9. The maximum absolute atomic E-state index is 13.0. The molecule has 1 aromatic heterocycles. The molecule has 2 heterocycles. The van der Waals surface area contributed by atoms with Gasteiger partial charge in [0.25, 0.3) is 0 Å². The summed E-state index contributed by atoms with van der Waals surface area (Å²) in [5.41, 5.74) is 8.31. The van der Waals surface area contributed by atoms with Crippen LogP contribution < -0.4 is 26.8 Å². The summed E-state index contributed by atoms with van der Waals surface area (Å²) in [5, 5.41) is 34.2. The molecule has 3 amide bonds. The van der Waals surface area contributed by atoms with Crippen molar-refractivity contribution in [2.24, 2.45) is 0 Å². The molecule has 1 unspecified atom stereocenters. The van der Waals surface area contributed by atoms with E-state index in [9.17, 15) is 29.4 Å². The summed E-state index contributed by atoms with van der Waals surface area (Å²) in [7, 11) is 0. The average Bonchev–Trinajstić information content (AvgIpc) is 3.31. The van der Waals surface area contributed by atoms with Crippen LogP contribution in [0.5, 0.6) is 5.75 Å². The van der Waals surface area contributed by atoms with Crippen LogP contribution in [0.15, 0.2) is 126 Å². The van der Waals surface area contributed by atoms with Crippen LogP contribution in [0.4, 0.5) is 10.5 Å². The molecule has 2 atom stereocenters. The van der Waals surface area contributed by atoms with E-state index in [2.05, 4.69) is 44.1 Å². The molecule has 0 spiro atoms. The maximum atomic E-state index is 13.0. The monoisotopic (exact) mass is 878 g/mol. The predicted molar refractivity (Wildman–Crippen MR) is 253 cm³/mol. The van der Waals surface area contributed by atoms with E-state index in [4.69, 9.17) is 4.74 Å². The normalized spacial score (nSPS) is 14.1. The number of aromatic amines is 1. The van der Waals surface area contributed by atoms with Crippen LogP contribution in [0.3, 0.4) is 0 Å². The molecule has 5 aromatic carbocycles. The number of aliphatic hydroxyl groups excluding tert-OH is 1. The van der Waals surface area contributed by atoms with Crippen LogP contribution in [0.1, 0.15) is 65.7 Å². The highest BCUT2D eigenvalue weighted by Gasteiger charge is 2.23. The van der Waals surface area contributed by atoms with Crippen LogP contribution >= 0.6 is 0 Å². The quantitative estimate of drug-likeness (QED) is 0.0476. The van der Waals surface area contributed by atoms with Gasteiger partial charge in [-0.1, -0.05) is 97.1 Å². The summed E-state index contributed by atoms with van der Waals surface area (Å²) in [4.78, 5) is 55.1. The Labute approximate surface area is 379 Å². The molecule has 0 radical (unpaired) electrons. The van der Waals surface area contributed by atoms with Crippen LogP contribution in [-0.4, -0.2) is 76.3 Å². The number of phenols is 1. The fraction of sp³-hybridized carbons (Fsp3) is 0.308. The standard InChI is InChI=1S/C52H58N6O7/c1-34(53-33-47(60)43-19-21-46(59)51-44(43)20-22-49(62)57-51)29-39-11-8-12-40(35(39)2)32-55-50(63)30-36-15-17-37(18-16-36)31-54-48(61)25-28-58-26-23-41(24-27-58)65-52(64)56-45-14-7-6-13-42(45)38-9-4-3-5-10-38/h3-22,34,41,47,53,59-60H,23-33H2,1-2H3,(H,54,61)(H,55,63)(H,56,64)(H,57,62)/t34?,47-/m1/s1. The van der Waals surface area contributed by atoms with Gasteiger partial charge < -0.3 is 40.8 Å². The van der Waals surface area contributed by atoms with Crippen molar-refractivity contribution in [3.8, 4) is 16.9 Å². The minimum absolute atomic E-state index is 0.0292. The number of benzene rings is 5. The number of rotatable bonds is 18. The molecule has 0 bridgehead atoms. The van der Waals surface area contributed by atoms with E-state index in [1.165, 1.54) is 12.1 Å². The molecule has 1 aliphatic rings. The molecule has 1 fully saturated rings. The third-order valence-corrected chi connectivity index (χ3v) is 12.1. The molecule has 7 N–H and O–H groups in total. The largest absolute Gasteiger partial charge is 0.506 e. The second-order valence-electron chi connectivity index (χ2n) is 16.8. The summed E-state index contributed by atoms with van der Waals surface area (Å²) < 4.78 is 5.76. The minimum Gasteiger partial charge on any atom is -0.506 e. The summed E-state index contributed by atoms with van der Waals surface area (Å²) >= 11 is 0. The van der Waals surface area contributed by atoms with Crippen LogP contribution in [0.25, 0.3) is 22.0 Å². The van der Waals surface area contributed by atoms with E-state index in [-0.39, 0.29) is 48.2 Å². The Kier molecular flexibility index (Phi) is 15.8. The molecule has 338 valence electrons. The van der Waals surface area contributed by atoms with Gasteiger partial charge in [-0.15, -0.1) is 0 Å². The SMILES string of the molecule is Cc1c(CNC(=O)Cc2ccc(CNC(=O)CCN3CCC(OC(=O)Nc4ccccc4-c4ccccc4)CC3)cc2)cccc1CC(C)NC[C@@H](O)c1ccc(O)c2[nH]c(=O)ccc12. The number of phenolic OH excluding ortho intramolecular Hbond substituents is 1. The van der Waals surface area contributed by atoms with Gasteiger partial charge in [-0.3, -0.25) is 19.7 Å². The molecular weight excluding hydrogens is 821 g/mol. The van der Waals surface area contributed by atoms with E-state index in [0.29, 0.717) is 67.5 Å². The number of carbonyl (C=O) groups is 3. The number of pyridine rings is 1. The number of piperidine rings is 1. The third kappa shape index (κ3) is 12.9. The fourth-order valence-corrected chi connectivity index (χ4v) is 8.29. The van der Waals surface area contributed by atoms with Crippen molar-refractivity contribution >= 4 is 34.5 Å². The van der Waals surface area contributed by atoms with Gasteiger partial charge in [0.05, 0.1) is 23.7 Å². The number of carbonyl (C=O) groups excluding carboxylic acids is 3. The fourth-order valence-electron chi connectivity index (χ4n) is 8.29. The Morgan fingerprint density at radius 2 is 1.51 bits per heavy atom. The first-order valence-corrected chi connectivity index (χ1v) is 22.3. The highest BCUT2D eigenvalue weighted by atomic mass is 16.6. The van der Waals surface area contributed by atoms with Crippen molar-refractivity contribution < 1.29 is 29.3 Å². The Morgan fingerprint density at radius 3 is 2.29 bits per heavy atom. The van der Waals surface area contributed by atoms with Crippen molar-refractivity contribution in [3.63, 3.8) is 0 Å². The lowest BCUT2D eigenvalue weighted by atomic mass is 9.97. The second-order valence-corrected chi connectivity index (χ2v) is 16.8. The zero-order valence-electron chi connectivity index (χ0n) is 36.9. The second kappa shape index (κ2) is 22.2. The first kappa shape index (κ1) is 46.2. The van der Waals surface area contributed by atoms with Gasteiger partial charge in [-0.25, -0.2) is 4.79 Å². The van der Waals surface area contributed by atoms with E-state index in [0.717, 1.165) is 52.0 Å².